The summed E-state index contributed by atoms with van der Waals surface area (Å²) in [5.41, 5.74) is 0.652. The van der Waals surface area contributed by atoms with Crippen molar-refractivity contribution >= 4 is 11.7 Å². The molecule has 23 heavy (non-hydrogen) atoms. The molecule has 0 aliphatic carbocycles. The topological polar surface area (TPSA) is 58.4 Å². The van der Waals surface area contributed by atoms with Gasteiger partial charge in [0.15, 0.2) is 17.5 Å². The molecule has 1 aromatic heterocycles. The Hall–Kier alpha value is -2.28. The average molecular weight is 323 g/mol. The van der Waals surface area contributed by atoms with Crippen LogP contribution in [0.15, 0.2) is 28.8 Å². The van der Waals surface area contributed by atoms with Gasteiger partial charge in [0.05, 0.1) is 0 Å². The maximum Gasteiger partial charge on any atom is 0.226 e. The van der Waals surface area contributed by atoms with Crippen molar-refractivity contribution in [3.63, 3.8) is 0 Å². The number of hydrogen-bond donors (Lipinski definition) is 1. The standard InChI is InChI=1S/C16H19F2N3O2/c1-10-8-15(20-23-10)19-16(22)6-7-21(3)11(2)12-4-5-13(17)14(18)9-12/h4-5,8-9,11H,6-7H2,1-3H3,(H,19,20,22). The van der Waals surface area contributed by atoms with Crippen LogP contribution >= 0.6 is 0 Å². The molecule has 0 aliphatic heterocycles. The quantitative estimate of drug-likeness (QED) is 0.886. The van der Waals surface area contributed by atoms with Crippen LogP contribution in [0, 0.1) is 18.6 Å². The number of carbonyl (C=O) groups excluding carboxylic acids is 1. The molecule has 1 N–H and O–H groups in total. The fraction of sp³-hybridized carbons (Fsp3) is 0.375. The highest BCUT2D eigenvalue weighted by atomic mass is 19.2. The Kier molecular flexibility index (Phi) is 5.44. The maximum absolute atomic E-state index is 13.3. The second-order valence-corrected chi connectivity index (χ2v) is 5.45. The van der Waals surface area contributed by atoms with Crippen LogP contribution in [-0.2, 0) is 4.79 Å². The van der Waals surface area contributed by atoms with Gasteiger partial charge in [-0.15, -0.1) is 0 Å². The highest BCUT2D eigenvalue weighted by molar-refractivity contribution is 5.89. The molecule has 0 aliphatic rings. The van der Waals surface area contributed by atoms with E-state index in [4.69, 9.17) is 4.52 Å². The molecule has 0 saturated heterocycles. The second kappa shape index (κ2) is 7.32. The largest absolute Gasteiger partial charge is 0.360 e. The Morgan fingerprint density at radius 1 is 1.35 bits per heavy atom. The number of anilines is 1. The summed E-state index contributed by atoms with van der Waals surface area (Å²) in [6, 6.07) is 5.30. The summed E-state index contributed by atoms with van der Waals surface area (Å²) >= 11 is 0. The highest BCUT2D eigenvalue weighted by Crippen LogP contribution is 2.21. The fourth-order valence-corrected chi connectivity index (χ4v) is 2.13. The van der Waals surface area contributed by atoms with Crippen LogP contribution in [0.4, 0.5) is 14.6 Å². The zero-order valence-corrected chi connectivity index (χ0v) is 13.3. The number of benzene rings is 1. The van der Waals surface area contributed by atoms with E-state index in [9.17, 15) is 13.6 Å². The molecule has 0 saturated carbocycles. The van der Waals surface area contributed by atoms with E-state index in [1.54, 1.807) is 13.0 Å². The van der Waals surface area contributed by atoms with Crippen LogP contribution in [0.25, 0.3) is 0 Å². The summed E-state index contributed by atoms with van der Waals surface area (Å²) in [6.45, 7) is 4.06. The summed E-state index contributed by atoms with van der Waals surface area (Å²) in [4.78, 5) is 13.7. The molecule has 0 bridgehead atoms. The lowest BCUT2D eigenvalue weighted by Gasteiger charge is -2.24. The van der Waals surface area contributed by atoms with Gasteiger partial charge in [-0.3, -0.25) is 9.69 Å². The molecular weight excluding hydrogens is 304 g/mol. The normalized spacial score (nSPS) is 12.4. The van der Waals surface area contributed by atoms with Gasteiger partial charge in [-0.25, -0.2) is 8.78 Å². The summed E-state index contributed by atoms with van der Waals surface area (Å²) in [5, 5.41) is 6.32. The third kappa shape index (κ3) is 4.59. The summed E-state index contributed by atoms with van der Waals surface area (Å²) in [7, 11) is 1.82. The van der Waals surface area contributed by atoms with Crippen LogP contribution in [0.2, 0.25) is 0 Å². The Balaban J connectivity index is 1.86. The molecule has 0 spiro atoms. The van der Waals surface area contributed by atoms with E-state index in [0.717, 1.165) is 6.07 Å². The molecule has 1 heterocycles. The first-order valence-electron chi connectivity index (χ1n) is 7.25. The highest BCUT2D eigenvalue weighted by Gasteiger charge is 2.15. The first kappa shape index (κ1) is 17.1. The molecule has 2 aromatic rings. The molecule has 1 aromatic carbocycles. The molecule has 5 nitrogen and oxygen atoms in total. The number of rotatable bonds is 6. The third-order valence-corrected chi connectivity index (χ3v) is 3.67. The Labute approximate surface area is 133 Å². The van der Waals surface area contributed by atoms with Gasteiger partial charge in [-0.2, -0.15) is 0 Å². The van der Waals surface area contributed by atoms with E-state index in [0.29, 0.717) is 23.7 Å². The van der Waals surface area contributed by atoms with E-state index in [1.165, 1.54) is 12.1 Å². The first-order valence-corrected chi connectivity index (χ1v) is 7.25. The van der Waals surface area contributed by atoms with Gasteiger partial charge in [0.1, 0.15) is 5.76 Å². The number of nitrogens with one attached hydrogen (secondary N) is 1. The molecule has 2 rings (SSSR count). The predicted molar refractivity (Wildman–Crippen MR) is 81.9 cm³/mol. The lowest BCUT2D eigenvalue weighted by molar-refractivity contribution is -0.116. The number of amides is 1. The van der Waals surface area contributed by atoms with Crippen LogP contribution in [0.3, 0.4) is 0 Å². The van der Waals surface area contributed by atoms with Crippen LogP contribution in [0.5, 0.6) is 0 Å². The molecule has 0 fully saturated rings. The van der Waals surface area contributed by atoms with Crippen LogP contribution < -0.4 is 5.32 Å². The minimum absolute atomic E-state index is 0.146. The molecule has 0 radical (unpaired) electrons. The molecule has 1 amide bonds. The molecule has 124 valence electrons. The minimum atomic E-state index is -0.873. The Bertz CT molecular complexity index is 688. The third-order valence-electron chi connectivity index (χ3n) is 3.67. The van der Waals surface area contributed by atoms with Gasteiger partial charge in [0.2, 0.25) is 5.91 Å². The number of aryl methyl sites for hydroxylation is 1. The monoisotopic (exact) mass is 323 g/mol. The van der Waals surface area contributed by atoms with Crippen molar-refractivity contribution in [3.05, 3.63) is 47.2 Å². The lowest BCUT2D eigenvalue weighted by atomic mass is 10.1. The second-order valence-electron chi connectivity index (χ2n) is 5.45. The fourth-order valence-electron chi connectivity index (χ4n) is 2.13. The van der Waals surface area contributed by atoms with Crippen LogP contribution in [0.1, 0.15) is 30.7 Å². The lowest BCUT2D eigenvalue weighted by Crippen LogP contribution is -2.27. The molecule has 1 unspecified atom stereocenters. The van der Waals surface area contributed by atoms with Crippen molar-refractivity contribution in [1.29, 1.82) is 0 Å². The van der Waals surface area contributed by atoms with Crippen molar-refractivity contribution in [3.8, 4) is 0 Å². The van der Waals surface area contributed by atoms with E-state index in [-0.39, 0.29) is 18.4 Å². The number of carbonyl (C=O) groups is 1. The first-order chi connectivity index (χ1) is 10.9. The van der Waals surface area contributed by atoms with Gasteiger partial charge in [-0.1, -0.05) is 11.2 Å². The van der Waals surface area contributed by atoms with E-state index >= 15 is 0 Å². The van der Waals surface area contributed by atoms with Crippen molar-refractivity contribution in [2.75, 3.05) is 18.9 Å². The van der Waals surface area contributed by atoms with Crippen molar-refractivity contribution in [2.45, 2.75) is 26.3 Å². The maximum atomic E-state index is 13.3. The minimum Gasteiger partial charge on any atom is -0.360 e. The van der Waals surface area contributed by atoms with E-state index in [2.05, 4.69) is 10.5 Å². The summed E-state index contributed by atoms with van der Waals surface area (Å²) < 4.78 is 31.1. The number of nitrogens with zero attached hydrogens (tertiary/aromatic N) is 2. The van der Waals surface area contributed by atoms with Crippen molar-refractivity contribution < 1.29 is 18.1 Å². The number of aromatic nitrogens is 1. The summed E-state index contributed by atoms with van der Waals surface area (Å²) in [6.07, 6.45) is 0.246. The Morgan fingerprint density at radius 2 is 2.09 bits per heavy atom. The number of hydrogen-bond acceptors (Lipinski definition) is 4. The molecular formula is C16H19F2N3O2. The van der Waals surface area contributed by atoms with E-state index in [1.807, 2.05) is 18.9 Å². The Morgan fingerprint density at radius 3 is 2.70 bits per heavy atom. The molecule has 7 heteroatoms. The smallest absolute Gasteiger partial charge is 0.226 e. The van der Waals surface area contributed by atoms with Crippen molar-refractivity contribution in [2.24, 2.45) is 0 Å². The summed E-state index contributed by atoms with van der Waals surface area (Å²) in [5.74, 6) is -0.941. The van der Waals surface area contributed by atoms with Gasteiger partial charge >= 0.3 is 0 Å². The molecule has 1 atom stereocenters. The average Bonchev–Trinajstić information content (AvgIpc) is 2.92. The van der Waals surface area contributed by atoms with Gasteiger partial charge in [0, 0.05) is 25.1 Å². The van der Waals surface area contributed by atoms with Gasteiger partial charge in [0.25, 0.3) is 0 Å². The van der Waals surface area contributed by atoms with Gasteiger partial charge in [-0.05, 0) is 38.6 Å². The van der Waals surface area contributed by atoms with Crippen molar-refractivity contribution in [1.82, 2.24) is 10.1 Å². The van der Waals surface area contributed by atoms with Gasteiger partial charge < -0.3 is 9.84 Å². The zero-order chi connectivity index (χ0) is 17.0. The SMILES string of the molecule is Cc1cc(NC(=O)CCN(C)C(C)c2ccc(F)c(F)c2)no1. The van der Waals surface area contributed by atoms with Crippen LogP contribution in [-0.4, -0.2) is 29.6 Å². The van der Waals surface area contributed by atoms with E-state index < -0.39 is 11.6 Å². The zero-order valence-electron chi connectivity index (χ0n) is 13.3. The predicted octanol–water partition coefficient (Wildman–Crippen LogP) is 3.28. The number of halogens is 2.